The molecule has 0 aliphatic heterocycles. The first-order valence-corrected chi connectivity index (χ1v) is 2.46. The number of hydrogen-bond acceptors (Lipinski definition) is 3. The van der Waals surface area contributed by atoms with E-state index in [1.807, 2.05) is 0 Å². The van der Waals surface area contributed by atoms with Crippen molar-refractivity contribution in [1.82, 2.24) is 0 Å². The predicted octanol–water partition coefficient (Wildman–Crippen LogP) is 0.0400. The van der Waals surface area contributed by atoms with Crippen LogP contribution in [-0.2, 0) is 0 Å². The molecule has 52 valence electrons. The minimum atomic E-state index is -1.27. The molecular weight excluding hydrogens is 122 g/mol. The van der Waals surface area contributed by atoms with Crippen molar-refractivity contribution >= 4 is 0 Å². The molecule has 0 aliphatic rings. The molecule has 9 heavy (non-hydrogen) atoms. The van der Waals surface area contributed by atoms with Crippen LogP contribution >= 0.6 is 0 Å². The molecule has 5 nitrogen and oxygen atoms in total. The normalized spacial score (nSPS) is 15.9. The molecule has 0 rings (SSSR count). The van der Waals surface area contributed by atoms with E-state index >= 15 is 0 Å². The first kappa shape index (κ1) is 8.23. The van der Waals surface area contributed by atoms with E-state index in [0.29, 0.717) is 0 Å². The molecule has 2 N–H and O–H groups in total. The van der Waals surface area contributed by atoms with E-state index in [1.54, 1.807) is 0 Å². The second-order valence-corrected chi connectivity index (χ2v) is 2.04. The summed E-state index contributed by atoms with van der Waals surface area (Å²) in [7, 11) is 0. The molecular formula is C4H9N3O2. The number of hydrogen-bond donors (Lipinski definition) is 2. The highest BCUT2D eigenvalue weighted by molar-refractivity contribution is 4.73. The van der Waals surface area contributed by atoms with E-state index in [4.69, 9.17) is 15.7 Å². The highest BCUT2D eigenvalue weighted by Gasteiger charge is 2.16. The van der Waals surface area contributed by atoms with Crippen LogP contribution < -0.4 is 0 Å². The number of rotatable bonds is 3. The minimum absolute atomic E-state index is 0.0972. The van der Waals surface area contributed by atoms with Gasteiger partial charge in [-0.3, -0.25) is 0 Å². The molecule has 0 fully saturated rings. The molecule has 0 amide bonds. The summed E-state index contributed by atoms with van der Waals surface area (Å²) in [4.78, 5) is 2.42. The monoisotopic (exact) mass is 131 g/mol. The van der Waals surface area contributed by atoms with Crippen LogP contribution in [0.25, 0.3) is 10.4 Å². The van der Waals surface area contributed by atoms with E-state index in [2.05, 4.69) is 10.0 Å². The molecule has 0 spiro atoms. The van der Waals surface area contributed by atoms with Gasteiger partial charge >= 0.3 is 0 Å². The van der Waals surface area contributed by atoms with Gasteiger partial charge in [-0.2, -0.15) is 0 Å². The third-order valence-electron chi connectivity index (χ3n) is 0.815. The smallest absolute Gasteiger partial charge is 0.0905 e. The van der Waals surface area contributed by atoms with Gasteiger partial charge in [0.25, 0.3) is 0 Å². The maximum atomic E-state index is 8.94. The van der Waals surface area contributed by atoms with Crippen LogP contribution in [0.1, 0.15) is 6.92 Å². The molecule has 0 radical (unpaired) electrons. The van der Waals surface area contributed by atoms with Crippen molar-refractivity contribution in [2.24, 2.45) is 5.11 Å². The van der Waals surface area contributed by atoms with E-state index in [-0.39, 0.29) is 6.54 Å². The van der Waals surface area contributed by atoms with Gasteiger partial charge in [-0.25, -0.2) is 0 Å². The maximum absolute atomic E-state index is 8.94. The lowest BCUT2D eigenvalue weighted by Crippen LogP contribution is -2.32. The highest BCUT2D eigenvalue weighted by Crippen LogP contribution is 2.00. The van der Waals surface area contributed by atoms with Gasteiger partial charge in [-0.15, -0.1) is 0 Å². The van der Waals surface area contributed by atoms with E-state index in [1.165, 1.54) is 6.92 Å². The van der Waals surface area contributed by atoms with Gasteiger partial charge < -0.3 is 10.2 Å². The van der Waals surface area contributed by atoms with Gasteiger partial charge in [0.05, 0.1) is 18.8 Å². The third kappa shape index (κ3) is 3.78. The van der Waals surface area contributed by atoms with Gasteiger partial charge in [0.2, 0.25) is 0 Å². The maximum Gasteiger partial charge on any atom is 0.0905 e. The van der Waals surface area contributed by atoms with Crippen LogP contribution in [0.5, 0.6) is 0 Å². The fourth-order valence-corrected chi connectivity index (χ4v) is 0.234. The average molecular weight is 131 g/mol. The van der Waals surface area contributed by atoms with E-state index in [9.17, 15) is 0 Å². The molecule has 0 unspecified atom stereocenters. The summed E-state index contributed by atoms with van der Waals surface area (Å²) in [6.07, 6.45) is 0. The molecule has 0 heterocycles. The number of aliphatic hydroxyl groups excluding tert-OH is 1. The Hall–Kier alpha value is -0.770. The number of aliphatic hydroxyl groups is 2. The zero-order valence-electron chi connectivity index (χ0n) is 5.15. The Bertz CT molecular complexity index is 128. The Kier molecular flexibility index (Phi) is 3.01. The highest BCUT2D eigenvalue weighted by atomic mass is 16.3. The zero-order chi connectivity index (χ0) is 7.33. The predicted molar refractivity (Wildman–Crippen MR) is 31.7 cm³/mol. The van der Waals surface area contributed by atoms with Crippen LogP contribution in [0.15, 0.2) is 5.11 Å². The van der Waals surface area contributed by atoms with Crippen LogP contribution in [0.4, 0.5) is 0 Å². The second-order valence-electron chi connectivity index (χ2n) is 2.04. The zero-order valence-corrected chi connectivity index (χ0v) is 5.15. The van der Waals surface area contributed by atoms with E-state index < -0.39 is 12.2 Å². The molecule has 0 aliphatic carbocycles. The molecule has 0 saturated carbocycles. The fourth-order valence-electron chi connectivity index (χ4n) is 0.234. The van der Waals surface area contributed by atoms with Gasteiger partial charge in [-0.1, -0.05) is 5.11 Å². The van der Waals surface area contributed by atoms with Crippen molar-refractivity contribution in [3.8, 4) is 0 Å². The molecule has 0 aromatic rings. The minimum Gasteiger partial charge on any atom is -0.393 e. The molecule has 1 atom stereocenters. The fraction of sp³-hybridized carbons (Fsp3) is 1.00. The third-order valence-corrected chi connectivity index (χ3v) is 0.815. The summed E-state index contributed by atoms with van der Waals surface area (Å²) < 4.78 is 0. The standard InChI is InChI=1S/C4H9N3O2/c1-4(9,3-8)2-6-7-5/h8-9H,2-3H2,1H3/t4-/m0/s1. The molecule has 0 bridgehead atoms. The summed E-state index contributed by atoms with van der Waals surface area (Å²) in [6.45, 7) is 0.897. The van der Waals surface area contributed by atoms with Crippen LogP contribution in [0.3, 0.4) is 0 Å². The molecule has 0 saturated heterocycles. The van der Waals surface area contributed by atoms with Crippen LogP contribution in [0.2, 0.25) is 0 Å². The lowest BCUT2D eigenvalue weighted by molar-refractivity contribution is 0.00983. The number of nitrogens with zero attached hydrogens (tertiary/aromatic N) is 3. The van der Waals surface area contributed by atoms with Crippen molar-refractivity contribution in [2.45, 2.75) is 12.5 Å². The van der Waals surface area contributed by atoms with Crippen LogP contribution in [-0.4, -0.2) is 29.0 Å². The van der Waals surface area contributed by atoms with Crippen molar-refractivity contribution in [3.63, 3.8) is 0 Å². The van der Waals surface area contributed by atoms with Crippen molar-refractivity contribution in [2.75, 3.05) is 13.2 Å². The van der Waals surface area contributed by atoms with Crippen molar-refractivity contribution in [1.29, 1.82) is 0 Å². The average Bonchev–Trinajstić information content (AvgIpc) is 1.84. The van der Waals surface area contributed by atoms with E-state index in [0.717, 1.165) is 0 Å². The first-order chi connectivity index (χ1) is 4.12. The molecule has 0 aromatic carbocycles. The summed E-state index contributed by atoms with van der Waals surface area (Å²) in [5.74, 6) is 0. The van der Waals surface area contributed by atoms with Crippen molar-refractivity contribution < 1.29 is 10.2 Å². The van der Waals surface area contributed by atoms with Gasteiger partial charge in [0.1, 0.15) is 0 Å². The Morgan fingerprint density at radius 2 is 2.33 bits per heavy atom. The quantitative estimate of drug-likeness (QED) is 0.321. The molecule has 0 aromatic heterocycles. The summed E-state index contributed by atoms with van der Waals surface area (Å²) in [6, 6.07) is 0. The largest absolute Gasteiger partial charge is 0.393 e. The number of azide groups is 1. The van der Waals surface area contributed by atoms with Gasteiger partial charge in [-0.05, 0) is 12.5 Å². The van der Waals surface area contributed by atoms with Crippen molar-refractivity contribution in [3.05, 3.63) is 10.4 Å². The SMILES string of the molecule is C[C@@](O)(CO)CN=[N+]=[N-]. The second kappa shape index (κ2) is 3.29. The lowest BCUT2D eigenvalue weighted by Gasteiger charge is -2.15. The van der Waals surface area contributed by atoms with Gasteiger partial charge in [0.15, 0.2) is 0 Å². The summed E-state index contributed by atoms with van der Waals surface area (Å²) in [5.41, 5.74) is 6.52. The van der Waals surface area contributed by atoms with Crippen LogP contribution in [0, 0.1) is 0 Å². The Labute approximate surface area is 52.6 Å². The summed E-state index contributed by atoms with van der Waals surface area (Å²) in [5, 5.41) is 20.4. The summed E-state index contributed by atoms with van der Waals surface area (Å²) >= 11 is 0. The topological polar surface area (TPSA) is 89.2 Å². The molecule has 5 heteroatoms. The van der Waals surface area contributed by atoms with Gasteiger partial charge in [0, 0.05) is 4.91 Å². The lowest BCUT2D eigenvalue weighted by atomic mass is 10.1. The Morgan fingerprint density at radius 1 is 1.78 bits per heavy atom. The Balaban J connectivity index is 3.71. The Morgan fingerprint density at radius 3 is 2.67 bits per heavy atom. The first-order valence-electron chi connectivity index (χ1n) is 2.46.